The summed E-state index contributed by atoms with van der Waals surface area (Å²) in [5.41, 5.74) is 0. The first-order valence-electron chi connectivity index (χ1n) is 7.51. The fourth-order valence-corrected chi connectivity index (χ4v) is 4.43. The zero-order valence-electron chi connectivity index (χ0n) is 11.6. The van der Waals surface area contributed by atoms with E-state index >= 15 is 0 Å². The molecule has 0 aromatic heterocycles. The Bertz CT molecular complexity index is 210. The van der Waals surface area contributed by atoms with Crippen LogP contribution in [0.15, 0.2) is 0 Å². The highest BCUT2D eigenvalue weighted by Crippen LogP contribution is 2.40. The first kappa shape index (κ1) is 15.5. The zero-order chi connectivity index (χ0) is 12.5. The molecule has 1 saturated heterocycles. The summed E-state index contributed by atoms with van der Waals surface area (Å²) in [7, 11) is 0.621. The van der Waals surface area contributed by atoms with Gasteiger partial charge in [-0.3, -0.25) is 0 Å². The van der Waals surface area contributed by atoms with Crippen LogP contribution in [0.2, 0.25) is 0 Å². The summed E-state index contributed by atoms with van der Waals surface area (Å²) in [4.78, 5) is 0. The summed E-state index contributed by atoms with van der Waals surface area (Å²) < 4.78 is 2.51. The largest absolute Gasteiger partial charge is 0.252 e. The van der Waals surface area contributed by atoms with E-state index in [9.17, 15) is 0 Å². The van der Waals surface area contributed by atoms with E-state index < -0.39 is 0 Å². The van der Waals surface area contributed by atoms with Crippen LogP contribution < -0.4 is 0 Å². The van der Waals surface area contributed by atoms with Crippen molar-refractivity contribution in [2.75, 3.05) is 0 Å². The maximum absolute atomic E-state index is 5.17. The molecule has 0 aromatic carbocycles. The SMILES string of the molecule is CCCCCCCCCCC1C(CC)N1[PH+]=S. The van der Waals surface area contributed by atoms with Gasteiger partial charge in [-0.1, -0.05) is 65.2 Å². The summed E-state index contributed by atoms with van der Waals surface area (Å²) in [6, 6.07) is 1.70. The van der Waals surface area contributed by atoms with Gasteiger partial charge in [-0.05, 0) is 12.8 Å². The van der Waals surface area contributed by atoms with Gasteiger partial charge >= 0.3 is 0 Å². The molecule has 0 N–H and O–H groups in total. The third-order valence-electron chi connectivity index (χ3n) is 3.95. The van der Waals surface area contributed by atoms with Gasteiger partial charge in [-0.15, -0.1) is 4.67 Å². The van der Waals surface area contributed by atoms with Crippen LogP contribution in [0, 0.1) is 0 Å². The van der Waals surface area contributed by atoms with Crippen LogP contribution in [-0.4, -0.2) is 16.8 Å². The van der Waals surface area contributed by atoms with E-state index in [1.54, 1.807) is 0 Å². The summed E-state index contributed by atoms with van der Waals surface area (Å²) in [6.07, 6.45) is 14.1. The first-order chi connectivity index (χ1) is 8.35. The van der Waals surface area contributed by atoms with Gasteiger partial charge < -0.3 is 0 Å². The van der Waals surface area contributed by atoms with Crippen molar-refractivity contribution in [1.29, 1.82) is 0 Å². The minimum absolute atomic E-state index is 0.621. The van der Waals surface area contributed by atoms with Gasteiger partial charge in [0.05, 0.1) is 12.1 Å². The molecule has 0 radical (unpaired) electrons. The van der Waals surface area contributed by atoms with Crippen LogP contribution in [0.25, 0.3) is 0 Å². The second kappa shape index (κ2) is 9.42. The topological polar surface area (TPSA) is 3.01 Å². The predicted molar refractivity (Wildman–Crippen MR) is 82.6 cm³/mol. The third-order valence-corrected chi connectivity index (χ3v) is 5.45. The fraction of sp³-hybridized carbons (Fsp3) is 1.00. The molecule has 1 aliphatic heterocycles. The van der Waals surface area contributed by atoms with E-state index in [1.807, 2.05) is 0 Å². The number of rotatable bonds is 11. The smallest absolute Gasteiger partial charge is 0.113 e. The number of hydrogen-bond acceptors (Lipinski definition) is 1. The number of unbranched alkanes of at least 4 members (excludes halogenated alkanes) is 7. The maximum Gasteiger partial charge on any atom is 0.252 e. The molecule has 1 heterocycles. The fourth-order valence-electron chi connectivity index (χ4n) is 2.76. The summed E-state index contributed by atoms with van der Waals surface area (Å²) in [6.45, 7) is 4.58. The molecule has 1 rings (SSSR count). The van der Waals surface area contributed by atoms with E-state index in [4.69, 9.17) is 11.8 Å². The lowest BCUT2D eigenvalue weighted by molar-refractivity contribution is 0.555. The Hall–Kier alpha value is 0.480. The van der Waals surface area contributed by atoms with Crippen LogP contribution in [0.3, 0.4) is 0 Å². The van der Waals surface area contributed by atoms with Crippen molar-refractivity contribution in [3.8, 4) is 0 Å². The highest BCUT2D eigenvalue weighted by Gasteiger charge is 2.50. The van der Waals surface area contributed by atoms with Crippen molar-refractivity contribution in [3.63, 3.8) is 0 Å². The Morgan fingerprint density at radius 2 is 1.47 bits per heavy atom. The molecule has 0 aliphatic carbocycles. The van der Waals surface area contributed by atoms with Gasteiger partial charge in [0.1, 0.15) is 0 Å². The average molecular weight is 274 g/mol. The molecular formula is C14H29NPS+. The second-order valence-electron chi connectivity index (χ2n) is 5.31. The Morgan fingerprint density at radius 1 is 0.882 bits per heavy atom. The number of hydrogen-bond donors (Lipinski definition) is 0. The molecule has 100 valence electrons. The minimum Gasteiger partial charge on any atom is -0.113 e. The molecule has 3 heteroatoms. The van der Waals surface area contributed by atoms with Crippen LogP contribution in [0.4, 0.5) is 0 Å². The molecule has 0 saturated carbocycles. The Morgan fingerprint density at radius 3 is 1.94 bits per heavy atom. The number of nitrogens with zero attached hydrogens (tertiary/aromatic N) is 1. The molecule has 0 spiro atoms. The molecule has 4 unspecified atom stereocenters. The van der Waals surface area contributed by atoms with Crippen LogP contribution >= 0.6 is 7.51 Å². The van der Waals surface area contributed by atoms with Gasteiger partial charge in [0.25, 0.3) is 7.51 Å². The van der Waals surface area contributed by atoms with Crippen LogP contribution in [0.1, 0.15) is 78.1 Å². The normalized spacial score (nSPS) is 27.5. The van der Waals surface area contributed by atoms with E-state index in [2.05, 4.69) is 18.5 Å². The second-order valence-corrected chi connectivity index (χ2v) is 6.55. The lowest BCUT2D eigenvalue weighted by atomic mass is 10.1. The van der Waals surface area contributed by atoms with Crippen molar-refractivity contribution in [3.05, 3.63) is 0 Å². The Labute approximate surface area is 114 Å². The molecule has 0 amide bonds. The molecule has 1 aliphatic rings. The van der Waals surface area contributed by atoms with Crippen molar-refractivity contribution < 1.29 is 0 Å². The van der Waals surface area contributed by atoms with Crippen LogP contribution in [-0.2, 0) is 11.8 Å². The van der Waals surface area contributed by atoms with Gasteiger partial charge in [0.15, 0.2) is 11.8 Å². The highest BCUT2D eigenvalue weighted by atomic mass is 32.4. The maximum atomic E-state index is 5.17. The van der Waals surface area contributed by atoms with Crippen molar-refractivity contribution in [2.24, 2.45) is 0 Å². The van der Waals surface area contributed by atoms with Gasteiger partial charge in [0, 0.05) is 0 Å². The lowest BCUT2D eigenvalue weighted by Gasteiger charge is -2.00. The van der Waals surface area contributed by atoms with E-state index in [1.165, 1.54) is 64.2 Å². The van der Waals surface area contributed by atoms with E-state index in [-0.39, 0.29) is 0 Å². The molecule has 1 nitrogen and oxygen atoms in total. The summed E-state index contributed by atoms with van der Waals surface area (Å²) in [5, 5.41) is 0. The first-order valence-corrected chi connectivity index (χ1v) is 9.59. The van der Waals surface area contributed by atoms with Gasteiger partial charge in [-0.25, -0.2) is 0 Å². The average Bonchev–Trinajstić information content (AvgIpc) is 3.04. The quantitative estimate of drug-likeness (QED) is 0.295. The van der Waals surface area contributed by atoms with Crippen molar-refractivity contribution in [1.82, 2.24) is 4.67 Å². The molecule has 4 atom stereocenters. The van der Waals surface area contributed by atoms with E-state index in [0.29, 0.717) is 7.51 Å². The predicted octanol–water partition coefficient (Wildman–Crippen LogP) is 5.04. The standard InChI is InChI=1S/C14H28NPS/c1-3-5-6-7-8-9-10-11-12-14-13(4-2)15(14)16-17/h13-14H,3-12H2,1-2H3/p+1. The highest BCUT2D eigenvalue weighted by molar-refractivity contribution is 7.95. The summed E-state index contributed by atoms with van der Waals surface area (Å²) >= 11 is 5.17. The Kier molecular flexibility index (Phi) is 8.61. The zero-order valence-corrected chi connectivity index (χ0v) is 13.4. The van der Waals surface area contributed by atoms with Gasteiger partial charge in [0.2, 0.25) is 0 Å². The molecule has 1 fully saturated rings. The lowest BCUT2D eigenvalue weighted by Crippen LogP contribution is -1.92. The molecule has 0 bridgehead atoms. The molecule has 17 heavy (non-hydrogen) atoms. The monoisotopic (exact) mass is 274 g/mol. The van der Waals surface area contributed by atoms with Gasteiger partial charge in [-0.2, -0.15) is 0 Å². The van der Waals surface area contributed by atoms with E-state index in [0.717, 1.165) is 12.1 Å². The summed E-state index contributed by atoms with van der Waals surface area (Å²) in [5.74, 6) is 0. The van der Waals surface area contributed by atoms with Crippen molar-refractivity contribution >= 4 is 19.3 Å². The van der Waals surface area contributed by atoms with Crippen molar-refractivity contribution in [2.45, 2.75) is 90.1 Å². The third kappa shape index (κ3) is 5.77. The Balaban J connectivity index is 1.86. The molecule has 0 aromatic rings. The van der Waals surface area contributed by atoms with Crippen LogP contribution in [0.5, 0.6) is 0 Å². The minimum atomic E-state index is 0.621. The molecular weight excluding hydrogens is 245 g/mol.